The Bertz CT molecular complexity index is 895. The summed E-state index contributed by atoms with van der Waals surface area (Å²) in [4.78, 5) is 14.5. The van der Waals surface area contributed by atoms with Gasteiger partial charge in [0.15, 0.2) is 6.61 Å². The minimum Gasteiger partial charge on any atom is -0.484 e. The molecule has 1 aromatic heterocycles. The maximum Gasteiger partial charge on any atom is 0.260 e. The van der Waals surface area contributed by atoms with Gasteiger partial charge in [0, 0.05) is 25.2 Å². The second-order valence-electron chi connectivity index (χ2n) is 7.11. The van der Waals surface area contributed by atoms with E-state index in [1.165, 1.54) is 0 Å². The summed E-state index contributed by atoms with van der Waals surface area (Å²) < 4.78 is 7.65. The molecule has 2 aromatic carbocycles. The van der Waals surface area contributed by atoms with E-state index in [-0.39, 0.29) is 12.5 Å². The van der Waals surface area contributed by atoms with E-state index in [2.05, 4.69) is 10.2 Å². The Morgan fingerprint density at radius 3 is 2.61 bits per heavy atom. The van der Waals surface area contributed by atoms with Crippen LogP contribution in [0.3, 0.4) is 0 Å². The van der Waals surface area contributed by atoms with Gasteiger partial charge in [-0.1, -0.05) is 36.4 Å². The van der Waals surface area contributed by atoms with Gasteiger partial charge in [0.1, 0.15) is 17.9 Å². The Hall–Kier alpha value is -3.15. The molecular formula is C22H24N4O2. The Balaban J connectivity index is 1.36. The Morgan fingerprint density at radius 2 is 1.82 bits per heavy atom. The highest BCUT2D eigenvalue weighted by molar-refractivity contribution is 5.77. The third-order valence-corrected chi connectivity index (χ3v) is 5.10. The number of nitrogens with zero attached hydrogens (tertiary/aromatic N) is 4. The predicted molar refractivity (Wildman–Crippen MR) is 106 cm³/mol. The summed E-state index contributed by atoms with van der Waals surface area (Å²) >= 11 is 0. The van der Waals surface area contributed by atoms with Crippen molar-refractivity contribution in [3.8, 4) is 11.4 Å². The minimum absolute atomic E-state index is 0.0399. The van der Waals surface area contributed by atoms with Gasteiger partial charge in [0.2, 0.25) is 0 Å². The summed E-state index contributed by atoms with van der Waals surface area (Å²) in [5, 5.41) is 8.41. The van der Waals surface area contributed by atoms with Crippen LogP contribution in [0.25, 0.3) is 5.69 Å². The summed E-state index contributed by atoms with van der Waals surface area (Å²) in [5.74, 6) is 2.07. The van der Waals surface area contributed by atoms with E-state index in [0.29, 0.717) is 5.92 Å². The van der Waals surface area contributed by atoms with Crippen LogP contribution in [0.1, 0.15) is 18.7 Å². The highest BCUT2D eigenvalue weighted by Gasteiger charge is 2.25. The fraction of sp³-hybridized carbons (Fsp3) is 0.318. The molecule has 6 nitrogen and oxygen atoms in total. The van der Waals surface area contributed by atoms with Gasteiger partial charge in [-0.2, -0.15) is 0 Å². The molecule has 1 atom stereocenters. The molecule has 0 bridgehead atoms. The third kappa shape index (κ3) is 4.39. The first-order valence-corrected chi connectivity index (χ1v) is 9.69. The third-order valence-electron chi connectivity index (χ3n) is 5.10. The van der Waals surface area contributed by atoms with Crippen molar-refractivity contribution >= 4 is 5.91 Å². The van der Waals surface area contributed by atoms with Crippen LogP contribution in [0.2, 0.25) is 0 Å². The first-order valence-electron chi connectivity index (χ1n) is 9.69. The lowest BCUT2D eigenvalue weighted by molar-refractivity contribution is -0.135. The number of hydrogen-bond acceptors (Lipinski definition) is 4. The molecule has 1 aliphatic rings. The van der Waals surface area contributed by atoms with E-state index < -0.39 is 0 Å². The fourth-order valence-corrected chi connectivity index (χ4v) is 3.67. The molecule has 0 radical (unpaired) electrons. The SMILES string of the molecule is O=C(COc1ccccc1)N1CCCC(Cc2nncn2-c2ccccc2)C1. The lowest BCUT2D eigenvalue weighted by atomic mass is 9.94. The maximum atomic E-state index is 12.6. The number of benzene rings is 2. The largest absolute Gasteiger partial charge is 0.484 e. The fourth-order valence-electron chi connectivity index (χ4n) is 3.67. The molecule has 0 N–H and O–H groups in total. The van der Waals surface area contributed by atoms with Gasteiger partial charge in [-0.25, -0.2) is 0 Å². The lowest BCUT2D eigenvalue weighted by Crippen LogP contribution is -2.42. The van der Waals surface area contributed by atoms with Crippen LogP contribution in [0.4, 0.5) is 0 Å². The molecule has 4 rings (SSSR count). The quantitative estimate of drug-likeness (QED) is 0.663. The van der Waals surface area contributed by atoms with Gasteiger partial charge in [-0.05, 0) is 43.0 Å². The lowest BCUT2D eigenvalue weighted by Gasteiger charge is -2.32. The second-order valence-corrected chi connectivity index (χ2v) is 7.11. The number of carbonyl (C=O) groups excluding carboxylic acids is 1. The number of ether oxygens (including phenoxy) is 1. The predicted octanol–water partition coefficient (Wildman–Crippen LogP) is 3.13. The summed E-state index contributed by atoms with van der Waals surface area (Å²) in [5.41, 5.74) is 1.06. The molecule has 1 unspecified atom stereocenters. The number of aromatic nitrogens is 3. The van der Waals surface area contributed by atoms with Crippen molar-refractivity contribution in [3.05, 3.63) is 72.8 Å². The summed E-state index contributed by atoms with van der Waals surface area (Å²) in [6.07, 6.45) is 4.65. The Labute approximate surface area is 164 Å². The van der Waals surface area contributed by atoms with E-state index in [0.717, 1.165) is 49.6 Å². The first-order chi connectivity index (χ1) is 13.8. The minimum atomic E-state index is 0.0399. The Kier molecular flexibility index (Phi) is 5.66. The van der Waals surface area contributed by atoms with Gasteiger partial charge in [0.05, 0.1) is 0 Å². The zero-order valence-corrected chi connectivity index (χ0v) is 15.8. The summed E-state index contributed by atoms with van der Waals surface area (Å²) in [6.45, 7) is 1.61. The number of likely N-dealkylation sites (tertiary alicyclic amines) is 1. The molecule has 0 spiro atoms. The van der Waals surface area contributed by atoms with Crippen LogP contribution in [-0.2, 0) is 11.2 Å². The molecule has 1 aliphatic heterocycles. The number of piperidine rings is 1. The van der Waals surface area contributed by atoms with Gasteiger partial charge in [-0.3, -0.25) is 9.36 Å². The van der Waals surface area contributed by atoms with Crippen molar-refractivity contribution < 1.29 is 9.53 Å². The van der Waals surface area contributed by atoms with Crippen molar-refractivity contribution in [2.75, 3.05) is 19.7 Å². The molecule has 2 heterocycles. The topological polar surface area (TPSA) is 60.2 Å². The molecule has 1 amide bonds. The standard InChI is InChI=1S/C22H24N4O2/c27-22(16-28-20-11-5-2-6-12-20)25-13-7-8-18(15-25)14-21-24-23-17-26(21)19-9-3-1-4-10-19/h1-6,9-12,17-18H,7-8,13-16H2. The zero-order chi connectivity index (χ0) is 19.2. The molecular weight excluding hydrogens is 352 g/mol. The monoisotopic (exact) mass is 376 g/mol. The normalized spacial score (nSPS) is 16.7. The highest BCUT2D eigenvalue weighted by atomic mass is 16.5. The van der Waals surface area contributed by atoms with E-state index >= 15 is 0 Å². The average Bonchev–Trinajstić information content (AvgIpc) is 3.21. The van der Waals surface area contributed by atoms with Crippen molar-refractivity contribution in [1.29, 1.82) is 0 Å². The number of hydrogen-bond donors (Lipinski definition) is 0. The number of rotatable bonds is 6. The zero-order valence-electron chi connectivity index (χ0n) is 15.8. The van der Waals surface area contributed by atoms with Crippen molar-refractivity contribution in [2.45, 2.75) is 19.3 Å². The van der Waals surface area contributed by atoms with Gasteiger partial charge in [0.25, 0.3) is 5.91 Å². The molecule has 6 heteroatoms. The molecule has 28 heavy (non-hydrogen) atoms. The molecule has 1 fully saturated rings. The molecule has 144 valence electrons. The smallest absolute Gasteiger partial charge is 0.260 e. The van der Waals surface area contributed by atoms with Crippen LogP contribution in [0, 0.1) is 5.92 Å². The van der Waals surface area contributed by atoms with Gasteiger partial charge >= 0.3 is 0 Å². The van der Waals surface area contributed by atoms with Crippen LogP contribution >= 0.6 is 0 Å². The van der Waals surface area contributed by atoms with E-state index in [9.17, 15) is 4.79 Å². The van der Waals surface area contributed by atoms with E-state index in [1.54, 1.807) is 6.33 Å². The van der Waals surface area contributed by atoms with E-state index in [1.807, 2.05) is 70.1 Å². The number of amides is 1. The van der Waals surface area contributed by atoms with Crippen LogP contribution in [0.15, 0.2) is 67.0 Å². The van der Waals surface area contributed by atoms with Crippen molar-refractivity contribution in [2.24, 2.45) is 5.92 Å². The molecule has 1 saturated heterocycles. The maximum absolute atomic E-state index is 12.6. The summed E-state index contributed by atoms with van der Waals surface area (Å²) in [6, 6.07) is 19.6. The Morgan fingerprint density at radius 1 is 1.07 bits per heavy atom. The average molecular weight is 376 g/mol. The first kappa shape index (κ1) is 18.2. The van der Waals surface area contributed by atoms with Crippen LogP contribution < -0.4 is 4.74 Å². The second kappa shape index (κ2) is 8.69. The highest BCUT2D eigenvalue weighted by Crippen LogP contribution is 2.22. The summed E-state index contributed by atoms with van der Waals surface area (Å²) in [7, 11) is 0. The van der Waals surface area contributed by atoms with Crippen LogP contribution in [-0.4, -0.2) is 45.3 Å². The molecule has 3 aromatic rings. The number of para-hydroxylation sites is 2. The molecule has 0 saturated carbocycles. The van der Waals surface area contributed by atoms with Crippen molar-refractivity contribution in [1.82, 2.24) is 19.7 Å². The van der Waals surface area contributed by atoms with Crippen LogP contribution in [0.5, 0.6) is 5.75 Å². The van der Waals surface area contributed by atoms with Crippen molar-refractivity contribution in [3.63, 3.8) is 0 Å². The van der Waals surface area contributed by atoms with Gasteiger partial charge < -0.3 is 9.64 Å². The van der Waals surface area contributed by atoms with E-state index in [4.69, 9.17) is 4.74 Å². The number of carbonyl (C=O) groups is 1. The molecule has 0 aliphatic carbocycles. The van der Waals surface area contributed by atoms with Gasteiger partial charge in [-0.15, -0.1) is 10.2 Å².